The van der Waals surface area contributed by atoms with Crippen LogP contribution in [0.4, 0.5) is 0 Å². The number of hydrogen-bond acceptors (Lipinski definition) is 3. The van der Waals surface area contributed by atoms with Crippen LogP contribution in [-0.2, 0) is 4.74 Å². The molecule has 1 saturated heterocycles. The van der Waals surface area contributed by atoms with Crippen LogP contribution in [0.5, 0.6) is 0 Å². The molecule has 3 heteroatoms. The molecule has 0 aromatic heterocycles. The van der Waals surface area contributed by atoms with Crippen molar-refractivity contribution >= 4 is 0 Å². The van der Waals surface area contributed by atoms with Gasteiger partial charge in [-0.05, 0) is 33.1 Å². The second-order valence-corrected chi connectivity index (χ2v) is 4.93. The molecule has 0 amide bonds. The van der Waals surface area contributed by atoms with Gasteiger partial charge in [-0.25, -0.2) is 0 Å². The maximum absolute atomic E-state index is 8.69. The topological polar surface area (TPSA) is 45.0 Å². The van der Waals surface area contributed by atoms with Crippen molar-refractivity contribution in [2.24, 2.45) is 0 Å². The molecule has 1 aliphatic heterocycles. The van der Waals surface area contributed by atoms with Crippen molar-refractivity contribution in [3.05, 3.63) is 0 Å². The Labute approximate surface area is 92.8 Å². The molecule has 2 unspecified atom stereocenters. The lowest BCUT2D eigenvalue weighted by molar-refractivity contribution is -0.0641. The molecule has 2 atom stereocenters. The molecule has 1 fully saturated rings. The average Bonchev–Trinajstić information content (AvgIpc) is 2.15. The molecule has 86 valence electrons. The van der Waals surface area contributed by atoms with Gasteiger partial charge in [0.2, 0.25) is 0 Å². The number of ether oxygens (including phenoxy) is 1. The van der Waals surface area contributed by atoms with E-state index in [2.05, 4.69) is 32.2 Å². The van der Waals surface area contributed by atoms with E-state index in [1.807, 2.05) is 0 Å². The first-order valence-electron chi connectivity index (χ1n) is 5.84. The van der Waals surface area contributed by atoms with E-state index in [4.69, 9.17) is 10.00 Å². The zero-order valence-corrected chi connectivity index (χ0v) is 10.0. The van der Waals surface area contributed by atoms with E-state index in [1.165, 1.54) is 0 Å². The third-order valence-corrected chi connectivity index (χ3v) is 3.00. The van der Waals surface area contributed by atoms with E-state index in [-0.39, 0.29) is 5.60 Å². The van der Waals surface area contributed by atoms with E-state index in [0.717, 1.165) is 25.9 Å². The molecule has 0 aromatic carbocycles. The van der Waals surface area contributed by atoms with Crippen LogP contribution in [-0.4, -0.2) is 24.3 Å². The summed E-state index contributed by atoms with van der Waals surface area (Å²) >= 11 is 0. The molecule has 0 saturated carbocycles. The van der Waals surface area contributed by atoms with Crippen LogP contribution in [0.1, 0.15) is 46.5 Å². The van der Waals surface area contributed by atoms with Gasteiger partial charge < -0.3 is 10.1 Å². The molecule has 1 heterocycles. The quantitative estimate of drug-likeness (QED) is 0.774. The summed E-state index contributed by atoms with van der Waals surface area (Å²) in [7, 11) is 0. The molecule has 0 aliphatic carbocycles. The van der Waals surface area contributed by atoms with Crippen LogP contribution >= 0.6 is 0 Å². The lowest BCUT2D eigenvalue weighted by Crippen LogP contribution is -2.47. The van der Waals surface area contributed by atoms with Crippen LogP contribution in [0.25, 0.3) is 0 Å². The molecule has 1 rings (SSSR count). The van der Waals surface area contributed by atoms with Crippen molar-refractivity contribution in [1.29, 1.82) is 5.26 Å². The highest BCUT2D eigenvalue weighted by molar-refractivity contribution is 4.87. The monoisotopic (exact) mass is 210 g/mol. The molecule has 0 spiro atoms. The largest absolute Gasteiger partial charge is 0.375 e. The third-order valence-electron chi connectivity index (χ3n) is 3.00. The Balaban J connectivity index is 2.40. The fourth-order valence-corrected chi connectivity index (χ4v) is 2.14. The van der Waals surface area contributed by atoms with Crippen molar-refractivity contribution in [2.75, 3.05) is 6.61 Å². The maximum Gasteiger partial charge on any atom is 0.0641 e. The number of nitrogens with one attached hydrogen (secondary N) is 1. The van der Waals surface area contributed by atoms with Crippen LogP contribution in [0.3, 0.4) is 0 Å². The van der Waals surface area contributed by atoms with Crippen molar-refractivity contribution in [1.82, 2.24) is 5.32 Å². The Kier molecular flexibility index (Phi) is 4.56. The van der Waals surface area contributed by atoms with Gasteiger partial charge in [0.25, 0.3) is 0 Å². The van der Waals surface area contributed by atoms with Crippen molar-refractivity contribution in [2.45, 2.75) is 64.1 Å². The zero-order chi connectivity index (χ0) is 11.3. The fourth-order valence-electron chi connectivity index (χ4n) is 2.14. The Morgan fingerprint density at radius 3 is 2.87 bits per heavy atom. The zero-order valence-electron chi connectivity index (χ0n) is 10.0. The van der Waals surface area contributed by atoms with Gasteiger partial charge in [-0.1, -0.05) is 6.92 Å². The summed E-state index contributed by atoms with van der Waals surface area (Å²) in [6.45, 7) is 7.21. The second-order valence-electron chi connectivity index (χ2n) is 4.93. The highest BCUT2D eigenvalue weighted by Crippen LogP contribution is 2.24. The van der Waals surface area contributed by atoms with E-state index in [0.29, 0.717) is 18.5 Å². The Hall–Kier alpha value is -0.590. The predicted octanol–water partition coefficient (Wildman–Crippen LogP) is 2.23. The van der Waals surface area contributed by atoms with E-state index < -0.39 is 0 Å². The van der Waals surface area contributed by atoms with Gasteiger partial charge in [0.15, 0.2) is 0 Å². The minimum Gasteiger partial charge on any atom is -0.375 e. The first-order chi connectivity index (χ1) is 7.07. The fraction of sp³-hybridized carbons (Fsp3) is 0.917. The minimum absolute atomic E-state index is 0.0130. The standard InChI is InChI=1S/C12H22N2O/c1-4-10(5-7-13)14-11-6-8-15-12(2,3)9-11/h10-11,14H,4-6,8-9H2,1-3H3. The number of nitrogens with zero attached hydrogens (tertiary/aromatic N) is 1. The van der Waals surface area contributed by atoms with Crippen LogP contribution in [0, 0.1) is 11.3 Å². The minimum atomic E-state index is -0.0130. The molecular formula is C12H22N2O. The number of hydrogen-bond donors (Lipinski definition) is 1. The van der Waals surface area contributed by atoms with Crippen molar-refractivity contribution in [3.8, 4) is 6.07 Å². The van der Waals surface area contributed by atoms with Gasteiger partial charge >= 0.3 is 0 Å². The Bertz CT molecular complexity index is 232. The lowest BCUT2D eigenvalue weighted by Gasteiger charge is -2.37. The van der Waals surface area contributed by atoms with Gasteiger partial charge in [0.1, 0.15) is 0 Å². The summed E-state index contributed by atoms with van der Waals surface area (Å²) in [4.78, 5) is 0. The molecule has 1 aliphatic rings. The summed E-state index contributed by atoms with van der Waals surface area (Å²) in [6, 6.07) is 3.08. The van der Waals surface area contributed by atoms with E-state index >= 15 is 0 Å². The van der Waals surface area contributed by atoms with Crippen molar-refractivity contribution < 1.29 is 4.74 Å². The molecule has 3 nitrogen and oxygen atoms in total. The van der Waals surface area contributed by atoms with Crippen LogP contribution in [0.15, 0.2) is 0 Å². The molecule has 0 aromatic rings. The average molecular weight is 210 g/mol. The predicted molar refractivity (Wildman–Crippen MR) is 60.5 cm³/mol. The highest BCUT2D eigenvalue weighted by atomic mass is 16.5. The first kappa shape index (κ1) is 12.5. The van der Waals surface area contributed by atoms with Gasteiger partial charge in [-0.3, -0.25) is 0 Å². The smallest absolute Gasteiger partial charge is 0.0641 e. The van der Waals surface area contributed by atoms with Gasteiger partial charge in [-0.2, -0.15) is 5.26 Å². The Morgan fingerprint density at radius 2 is 2.33 bits per heavy atom. The molecular weight excluding hydrogens is 188 g/mol. The summed E-state index contributed by atoms with van der Waals surface area (Å²) < 4.78 is 5.67. The maximum atomic E-state index is 8.69. The summed E-state index contributed by atoms with van der Waals surface area (Å²) in [6.07, 6.45) is 3.72. The second kappa shape index (κ2) is 5.48. The molecule has 1 N–H and O–H groups in total. The first-order valence-corrected chi connectivity index (χ1v) is 5.84. The molecule has 15 heavy (non-hydrogen) atoms. The molecule has 0 bridgehead atoms. The summed E-state index contributed by atoms with van der Waals surface area (Å²) in [5.41, 5.74) is -0.0130. The normalized spacial score (nSPS) is 26.9. The SMILES string of the molecule is CCC(CC#N)NC1CCOC(C)(C)C1. The highest BCUT2D eigenvalue weighted by Gasteiger charge is 2.29. The van der Waals surface area contributed by atoms with Gasteiger partial charge in [-0.15, -0.1) is 0 Å². The Morgan fingerprint density at radius 1 is 1.60 bits per heavy atom. The van der Waals surface area contributed by atoms with Crippen molar-refractivity contribution in [3.63, 3.8) is 0 Å². The van der Waals surface area contributed by atoms with E-state index in [9.17, 15) is 0 Å². The van der Waals surface area contributed by atoms with E-state index in [1.54, 1.807) is 0 Å². The number of nitriles is 1. The lowest BCUT2D eigenvalue weighted by atomic mass is 9.93. The van der Waals surface area contributed by atoms with Gasteiger partial charge in [0.05, 0.1) is 18.1 Å². The van der Waals surface area contributed by atoms with Gasteiger partial charge in [0, 0.05) is 18.7 Å². The molecule has 0 radical (unpaired) electrons. The third kappa shape index (κ3) is 4.19. The number of rotatable bonds is 4. The summed E-state index contributed by atoms with van der Waals surface area (Å²) in [5.74, 6) is 0. The van der Waals surface area contributed by atoms with Crippen LogP contribution < -0.4 is 5.32 Å². The summed E-state index contributed by atoms with van der Waals surface area (Å²) in [5, 5.41) is 12.2. The van der Waals surface area contributed by atoms with Crippen LogP contribution in [0.2, 0.25) is 0 Å².